The molecule has 2 N–H and O–H groups in total. The number of halogens is 3. The van der Waals surface area contributed by atoms with Crippen LogP contribution in [0, 0.1) is 23.2 Å². The minimum absolute atomic E-state index is 0.144. The first-order chi connectivity index (χ1) is 15.6. The number of nitrogens with zero attached hydrogens (tertiary/aromatic N) is 2. The first kappa shape index (κ1) is 22.2. The van der Waals surface area contributed by atoms with E-state index >= 15 is 0 Å². The fraction of sp³-hybridized carbons (Fsp3) is 0.652. The summed E-state index contributed by atoms with van der Waals surface area (Å²) in [6, 6.07) is 0.941. The van der Waals surface area contributed by atoms with Gasteiger partial charge >= 0.3 is 12.2 Å². The van der Waals surface area contributed by atoms with Crippen LogP contribution in [0.2, 0.25) is 0 Å². The maximum Gasteiger partial charge on any atom is 0.440 e. The van der Waals surface area contributed by atoms with Gasteiger partial charge in [0.15, 0.2) is 0 Å². The number of imide groups is 1. The van der Waals surface area contributed by atoms with Crippen LogP contribution < -0.4 is 10.6 Å². The van der Waals surface area contributed by atoms with Gasteiger partial charge in [-0.15, -0.1) is 0 Å². The van der Waals surface area contributed by atoms with Crippen molar-refractivity contribution in [3.63, 3.8) is 0 Å². The van der Waals surface area contributed by atoms with Crippen molar-refractivity contribution in [2.45, 2.75) is 69.8 Å². The molecule has 10 heteroatoms. The Bertz CT molecular complexity index is 948. The summed E-state index contributed by atoms with van der Waals surface area (Å²) in [7, 11) is 0. The first-order valence-corrected chi connectivity index (χ1v) is 11.5. The van der Waals surface area contributed by atoms with Crippen molar-refractivity contribution >= 4 is 17.8 Å². The van der Waals surface area contributed by atoms with Crippen LogP contribution in [0.1, 0.15) is 62.2 Å². The molecule has 4 aliphatic carbocycles. The summed E-state index contributed by atoms with van der Waals surface area (Å²) in [6.07, 6.45) is 3.49. The topological polar surface area (TPSA) is 91.4 Å². The van der Waals surface area contributed by atoms with Gasteiger partial charge in [-0.3, -0.25) is 24.8 Å². The number of hydrogen-bond acceptors (Lipinski definition) is 4. The van der Waals surface area contributed by atoms with Crippen LogP contribution in [-0.4, -0.2) is 45.6 Å². The number of aromatic nitrogens is 1. The second-order valence-corrected chi connectivity index (χ2v) is 10.3. The van der Waals surface area contributed by atoms with Crippen molar-refractivity contribution in [3.05, 3.63) is 30.1 Å². The highest BCUT2D eigenvalue weighted by Gasteiger charge is 2.71. The maximum atomic E-state index is 14.3. The summed E-state index contributed by atoms with van der Waals surface area (Å²) in [5.41, 5.74) is -4.01. The van der Waals surface area contributed by atoms with E-state index < -0.39 is 35.7 Å². The van der Waals surface area contributed by atoms with Crippen LogP contribution >= 0.6 is 0 Å². The number of alkyl halides is 3. The van der Waals surface area contributed by atoms with Gasteiger partial charge in [-0.25, -0.2) is 4.79 Å². The van der Waals surface area contributed by atoms with E-state index in [1.165, 1.54) is 18.3 Å². The lowest BCUT2D eigenvalue weighted by Gasteiger charge is -2.60. The molecule has 1 aromatic rings. The molecule has 5 aliphatic rings. The molecule has 178 valence electrons. The van der Waals surface area contributed by atoms with Gasteiger partial charge < -0.3 is 5.32 Å². The van der Waals surface area contributed by atoms with E-state index in [4.69, 9.17) is 0 Å². The van der Waals surface area contributed by atoms with Crippen molar-refractivity contribution < 1.29 is 27.6 Å². The highest BCUT2D eigenvalue weighted by atomic mass is 19.4. The molecule has 5 fully saturated rings. The lowest BCUT2D eigenvalue weighted by atomic mass is 9.47. The average molecular weight is 464 g/mol. The van der Waals surface area contributed by atoms with E-state index in [9.17, 15) is 27.6 Å². The van der Waals surface area contributed by atoms with Gasteiger partial charge in [0, 0.05) is 18.4 Å². The molecule has 1 aromatic heterocycles. The Balaban J connectivity index is 1.49. The minimum Gasteiger partial charge on any atom is -0.314 e. The Morgan fingerprint density at radius 3 is 2.30 bits per heavy atom. The Labute approximate surface area is 189 Å². The molecule has 0 unspecified atom stereocenters. The summed E-state index contributed by atoms with van der Waals surface area (Å²) in [6.45, 7) is 1.81. The zero-order valence-corrected chi connectivity index (χ0v) is 18.3. The molecule has 4 bridgehead atoms. The molecule has 2 atom stereocenters. The van der Waals surface area contributed by atoms with E-state index in [1.54, 1.807) is 5.32 Å². The molecular weight excluding hydrogens is 437 g/mol. The third kappa shape index (κ3) is 3.32. The number of amides is 4. The van der Waals surface area contributed by atoms with Crippen molar-refractivity contribution in [2.24, 2.45) is 23.2 Å². The van der Waals surface area contributed by atoms with Crippen molar-refractivity contribution in [1.29, 1.82) is 0 Å². The number of urea groups is 1. The summed E-state index contributed by atoms with van der Waals surface area (Å²) < 4.78 is 43.0. The molecule has 0 radical (unpaired) electrons. The highest BCUT2D eigenvalue weighted by molar-refractivity contribution is 6.10. The molecule has 4 saturated carbocycles. The zero-order valence-electron chi connectivity index (χ0n) is 18.3. The zero-order chi connectivity index (χ0) is 23.6. The van der Waals surface area contributed by atoms with Gasteiger partial charge in [0.05, 0.1) is 5.56 Å². The second kappa shape index (κ2) is 7.43. The number of pyridine rings is 1. The van der Waals surface area contributed by atoms with Gasteiger partial charge in [-0.1, -0.05) is 6.92 Å². The molecule has 1 aliphatic heterocycles. The Morgan fingerprint density at radius 1 is 1.21 bits per heavy atom. The standard InChI is InChI=1S/C23H27F3N4O3/c1-2-17(21-9-13-6-14(10-21)8-15(7-13)11-21)30-19(32)22(23(24,25)26,29-20(30)33)28-18(31)16-4-3-5-27-12-16/h3-5,12-15,17H,2,6-11H2,1H3,(H,28,31)(H,29,33)/t13?,14?,15?,17-,21?,22-/m1/s1. The number of hydrogen-bond donors (Lipinski definition) is 2. The van der Waals surface area contributed by atoms with E-state index in [-0.39, 0.29) is 11.0 Å². The Kier molecular flexibility index (Phi) is 4.99. The number of carbonyl (C=O) groups is 3. The predicted octanol–water partition coefficient (Wildman–Crippen LogP) is 3.62. The lowest BCUT2D eigenvalue weighted by Crippen LogP contribution is -2.70. The maximum absolute atomic E-state index is 14.3. The van der Waals surface area contributed by atoms with Gasteiger partial charge in [-0.05, 0) is 80.2 Å². The third-order valence-electron chi connectivity index (χ3n) is 8.19. The van der Waals surface area contributed by atoms with E-state index in [0.29, 0.717) is 24.2 Å². The smallest absolute Gasteiger partial charge is 0.314 e. The molecule has 1 saturated heterocycles. The van der Waals surface area contributed by atoms with Crippen LogP contribution in [0.25, 0.3) is 0 Å². The lowest BCUT2D eigenvalue weighted by molar-refractivity contribution is -0.202. The summed E-state index contributed by atoms with van der Waals surface area (Å²) in [5, 5.41) is 3.60. The quantitative estimate of drug-likeness (QED) is 0.652. The van der Waals surface area contributed by atoms with Crippen molar-refractivity contribution in [2.75, 3.05) is 0 Å². The highest BCUT2D eigenvalue weighted by Crippen LogP contribution is 2.62. The first-order valence-electron chi connectivity index (χ1n) is 11.5. The third-order valence-corrected chi connectivity index (χ3v) is 8.19. The van der Waals surface area contributed by atoms with E-state index in [1.807, 2.05) is 12.2 Å². The number of rotatable bonds is 5. The van der Waals surface area contributed by atoms with Gasteiger partial charge in [0.2, 0.25) is 0 Å². The van der Waals surface area contributed by atoms with E-state index in [0.717, 1.165) is 49.6 Å². The summed E-state index contributed by atoms with van der Waals surface area (Å²) in [4.78, 5) is 43.5. The van der Waals surface area contributed by atoms with E-state index in [2.05, 4.69) is 4.98 Å². The van der Waals surface area contributed by atoms with Crippen LogP contribution in [0.15, 0.2) is 24.5 Å². The minimum atomic E-state index is -5.23. The van der Waals surface area contributed by atoms with Crippen molar-refractivity contribution in [1.82, 2.24) is 20.5 Å². The molecule has 6 rings (SSSR count). The van der Waals surface area contributed by atoms with Crippen LogP contribution in [0.5, 0.6) is 0 Å². The summed E-state index contributed by atoms with van der Waals surface area (Å²) in [5.74, 6) is -1.09. The normalized spacial score (nSPS) is 36.1. The largest absolute Gasteiger partial charge is 0.440 e. The van der Waals surface area contributed by atoms with Crippen LogP contribution in [0.4, 0.5) is 18.0 Å². The van der Waals surface area contributed by atoms with Gasteiger partial charge in [0.25, 0.3) is 17.5 Å². The predicted molar refractivity (Wildman–Crippen MR) is 111 cm³/mol. The fourth-order valence-corrected chi connectivity index (χ4v) is 7.39. The van der Waals surface area contributed by atoms with Crippen LogP contribution in [-0.2, 0) is 4.79 Å². The van der Waals surface area contributed by atoms with Gasteiger partial charge in [-0.2, -0.15) is 13.2 Å². The molecule has 4 amide bonds. The fourth-order valence-electron chi connectivity index (χ4n) is 7.39. The Hall–Kier alpha value is -2.65. The average Bonchev–Trinajstić information content (AvgIpc) is 2.99. The number of carbonyl (C=O) groups excluding carboxylic acids is 3. The molecule has 0 spiro atoms. The number of nitrogens with one attached hydrogen (secondary N) is 2. The molecule has 2 heterocycles. The van der Waals surface area contributed by atoms with Crippen LogP contribution in [0.3, 0.4) is 0 Å². The Morgan fingerprint density at radius 2 is 1.82 bits per heavy atom. The monoisotopic (exact) mass is 464 g/mol. The van der Waals surface area contributed by atoms with Crippen molar-refractivity contribution in [3.8, 4) is 0 Å². The summed E-state index contributed by atoms with van der Waals surface area (Å²) >= 11 is 0. The van der Waals surface area contributed by atoms with Gasteiger partial charge in [0.1, 0.15) is 0 Å². The SMILES string of the molecule is CC[C@@H](N1C(=O)N[C@@](NC(=O)c2cccnc2)(C(F)(F)F)C1=O)C12CC3CC(CC(C3)C1)C2. The molecule has 7 nitrogen and oxygen atoms in total. The molecular formula is C23H27F3N4O3. The molecule has 0 aromatic carbocycles. The second-order valence-electron chi connectivity index (χ2n) is 10.3. The molecule has 33 heavy (non-hydrogen) atoms.